The Morgan fingerprint density at radius 3 is 2.83 bits per heavy atom. The molecule has 4 nitrogen and oxygen atoms in total. The summed E-state index contributed by atoms with van der Waals surface area (Å²) >= 11 is 0. The van der Waals surface area contributed by atoms with Crippen LogP contribution in [0, 0.1) is 0 Å². The fourth-order valence-electron chi connectivity index (χ4n) is 0.768. The van der Waals surface area contributed by atoms with E-state index < -0.39 is 5.97 Å². The molecule has 3 N–H and O–H groups in total. The number of pyridine rings is 1. The van der Waals surface area contributed by atoms with Crippen LogP contribution in [0.1, 0.15) is 16.2 Å². The molecule has 0 aromatic carbocycles. The SMILES string of the molecule is C=Cc1nc(C(=O)O)ccc1N. The fraction of sp³-hybridized carbons (Fsp3) is 0. The first-order valence-electron chi connectivity index (χ1n) is 3.27. The van der Waals surface area contributed by atoms with Crippen LogP contribution in [-0.2, 0) is 0 Å². The summed E-state index contributed by atoms with van der Waals surface area (Å²) in [5, 5.41) is 8.56. The van der Waals surface area contributed by atoms with Gasteiger partial charge in [-0.25, -0.2) is 9.78 Å². The second-order valence-corrected chi connectivity index (χ2v) is 2.18. The molecule has 1 rings (SSSR count). The Labute approximate surface area is 69.4 Å². The highest BCUT2D eigenvalue weighted by atomic mass is 16.4. The molecule has 0 aliphatic carbocycles. The standard InChI is InChI=1S/C8H8N2O2/c1-2-6-5(9)3-4-7(10-6)8(11)12/h2-4H,1,9H2,(H,11,12). The van der Waals surface area contributed by atoms with Crippen molar-refractivity contribution in [2.75, 3.05) is 5.73 Å². The molecule has 0 aliphatic rings. The lowest BCUT2D eigenvalue weighted by atomic mass is 10.2. The summed E-state index contributed by atoms with van der Waals surface area (Å²) in [5.41, 5.74) is 6.27. The Bertz CT molecular complexity index is 334. The Morgan fingerprint density at radius 2 is 2.33 bits per heavy atom. The minimum Gasteiger partial charge on any atom is -0.477 e. The van der Waals surface area contributed by atoms with Crippen molar-refractivity contribution < 1.29 is 9.90 Å². The number of nitrogens with zero attached hydrogens (tertiary/aromatic N) is 1. The molecule has 0 atom stereocenters. The first kappa shape index (κ1) is 8.26. The van der Waals surface area contributed by atoms with E-state index in [1.807, 2.05) is 0 Å². The molecule has 0 saturated heterocycles. The van der Waals surface area contributed by atoms with Crippen molar-refractivity contribution in [1.29, 1.82) is 0 Å². The zero-order valence-electron chi connectivity index (χ0n) is 6.32. The van der Waals surface area contributed by atoms with Gasteiger partial charge >= 0.3 is 5.97 Å². The van der Waals surface area contributed by atoms with Gasteiger partial charge in [-0.05, 0) is 18.2 Å². The van der Waals surface area contributed by atoms with Crippen molar-refractivity contribution >= 4 is 17.7 Å². The van der Waals surface area contributed by atoms with E-state index in [0.717, 1.165) is 0 Å². The maximum absolute atomic E-state index is 10.4. The van der Waals surface area contributed by atoms with Crippen LogP contribution in [0.4, 0.5) is 5.69 Å². The monoisotopic (exact) mass is 164 g/mol. The van der Waals surface area contributed by atoms with Gasteiger partial charge in [0, 0.05) is 0 Å². The van der Waals surface area contributed by atoms with E-state index in [4.69, 9.17) is 10.8 Å². The van der Waals surface area contributed by atoms with Crippen molar-refractivity contribution in [2.24, 2.45) is 0 Å². The molecule has 1 aromatic rings. The molecule has 12 heavy (non-hydrogen) atoms. The van der Waals surface area contributed by atoms with Crippen LogP contribution in [0.25, 0.3) is 6.08 Å². The molecule has 0 radical (unpaired) electrons. The largest absolute Gasteiger partial charge is 0.477 e. The van der Waals surface area contributed by atoms with Crippen molar-refractivity contribution in [2.45, 2.75) is 0 Å². The lowest BCUT2D eigenvalue weighted by molar-refractivity contribution is 0.0690. The number of carboxylic acids is 1. The lowest BCUT2D eigenvalue weighted by Gasteiger charge is -1.99. The average molecular weight is 164 g/mol. The number of aromatic nitrogens is 1. The molecule has 0 fully saturated rings. The minimum absolute atomic E-state index is 0.0286. The highest BCUT2D eigenvalue weighted by Crippen LogP contribution is 2.10. The van der Waals surface area contributed by atoms with Crippen molar-refractivity contribution in [3.63, 3.8) is 0 Å². The summed E-state index contributed by atoms with van der Waals surface area (Å²) < 4.78 is 0. The molecule has 0 aliphatic heterocycles. The molecule has 62 valence electrons. The Morgan fingerprint density at radius 1 is 1.67 bits per heavy atom. The Balaban J connectivity index is 3.22. The van der Waals surface area contributed by atoms with Gasteiger partial charge in [0.25, 0.3) is 0 Å². The molecule has 0 bridgehead atoms. The fourth-order valence-corrected chi connectivity index (χ4v) is 0.768. The van der Waals surface area contributed by atoms with Gasteiger partial charge in [0.2, 0.25) is 0 Å². The predicted octanol–water partition coefficient (Wildman–Crippen LogP) is 1.00. The van der Waals surface area contributed by atoms with Gasteiger partial charge in [0.1, 0.15) is 5.69 Å². The number of rotatable bonds is 2. The molecule has 0 saturated carbocycles. The van der Waals surface area contributed by atoms with Gasteiger partial charge in [-0.3, -0.25) is 0 Å². The van der Waals surface area contributed by atoms with E-state index in [1.54, 1.807) is 0 Å². The summed E-state index contributed by atoms with van der Waals surface area (Å²) in [6.07, 6.45) is 1.42. The van der Waals surface area contributed by atoms with Crippen LogP contribution in [0.3, 0.4) is 0 Å². The zero-order chi connectivity index (χ0) is 9.14. The second kappa shape index (κ2) is 3.04. The summed E-state index contributed by atoms with van der Waals surface area (Å²) in [7, 11) is 0. The smallest absolute Gasteiger partial charge is 0.354 e. The normalized spacial score (nSPS) is 9.33. The number of hydrogen-bond donors (Lipinski definition) is 2. The van der Waals surface area contributed by atoms with E-state index in [-0.39, 0.29) is 5.69 Å². The molecule has 1 aromatic heterocycles. The summed E-state index contributed by atoms with van der Waals surface area (Å²) in [6, 6.07) is 2.85. The van der Waals surface area contributed by atoms with Gasteiger partial charge < -0.3 is 10.8 Å². The highest BCUT2D eigenvalue weighted by Gasteiger charge is 2.05. The van der Waals surface area contributed by atoms with Gasteiger partial charge in [-0.1, -0.05) is 6.58 Å². The first-order chi connectivity index (χ1) is 5.65. The van der Waals surface area contributed by atoms with Crippen molar-refractivity contribution in [3.8, 4) is 0 Å². The third kappa shape index (κ3) is 1.42. The second-order valence-electron chi connectivity index (χ2n) is 2.18. The lowest BCUT2D eigenvalue weighted by Crippen LogP contribution is -2.03. The van der Waals surface area contributed by atoms with Crippen LogP contribution in [0.2, 0.25) is 0 Å². The summed E-state index contributed by atoms with van der Waals surface area (Å²) in [6.45, 7) is 3.46. The maximum Gasteiger partial charge on any atom is 0.354 e. The molecule has 1 heterocycles. The number of carboxylic acid groups (broad SMARTS) is 1. The average Bonchev–Trinajstić information content (AvgIpc) is 2.05. The number of aromatic carboxylic acids is 1. The first-order valence-corrected chi connectivity index (χ1v) is 3.27. The number of anilines is 1. The van der Waals surface area contributed by atoms with Crippen LogP contribution < -0.4 is 5.73 Å². The molecule has 0 unspecified atom stereocenters. The highest BCUT2D eigenvalue weighted by molar-refractivity contribution is 5.86. The van der Waals surface area contributed by atoms with Gasteiger partial charge in [0.05, 0.1) is 11.4 Å². The van der Waals surface area contributed by atoms with Gasteiger partial charge in [-0.15, -0.1) is 0 Å². The summed E-state index contributed by atoms with van der Waals surface area (Å²) in [5.74, 6) is -1.07. The topological polar surface area (TPSA) is 76.2 Å². The van der Waals surface area contributed by atoms with Crippen LogP contribution in [-0.4, -0.2) is 16.1 Å². The van der Waals surface area contributed by atoms with Gasteiger partial charge in [-0.2, -0.15) is 0 Å². The van der Waals surface area contributed by atoms with Gasteiger partial charge in [0.15, 0.2) is 0 Å². The van der Waals surface area contributed by atoms with E-state index in [0.29, 0.717) is 11.4 Å². The third-order valence-corrected chi connectivity index (χ3v) is 1.37. The summed E-state index contributed by atoms with van der Waals surface area (Å²) in [4.78, 5) is 14.2. The zero-order valence-corrected chi connectivity index (χ0v) is 6.32. The molecular weight excluding hydrogens is 156 g/mol. The van der Waals surface area contributed by atoms with E-state index in [9.17, 15) is 4.79 Å². The van der Waals surface area contributed by atoms with Crippen molar-refractivity contribution in [1.82, 2.24) is 4.98 Å². The predicted molar refractivity (Wildman–Crippen MR) is 45.7 cm³/mol. The van der Waals surface area contributed by atoms with E-state index in [1.165, 1.54) is 18.2 Å². The Kier molecular flexibility index (Phi) is 2.09. The van der Waals surface area contributed by atoms with E-state index in [2.05, 4.69) is 11.6 Å². The number of carbonyl (C=O) groups is 1. The van der Waals surface area contributed by atoms with E-state index >= 15 is 0 Å². The van der Waals surface area contributed by atoms with Crippen LogP contribution in [0.15, 0.2) is 18.7 Å². The number of nitrogen functional groups attached to an aromatic ring is 1. The number of nitrogens with two attached hydrogens (primary N) is 1. The Hall–Kier alpha value is -1.84. The van der Waals surface area contributed by atoms with Crippen molar-refractivity contribution in [3.05, 3.63) is 30.1 Å². The van der Waals surface area contributed by atoms with Crippen LogP contribution in [0.5, 0.6) is 0 Å². The molecule has 4 heteroatoms. The third-order valence-electron chi connectivity index (χ3n) is 1.37. The quantitative estimate of drug-likeness (QED) is 0.683. The molecule has 0 amide bonds. The molecular formula is C8H8N2O2. The maximum atomic E-state index is 10.4. The minimum atomic E-state index is -1.07. The molecule has 0 spiro atoms. The van der Waals surface area contributed by atoms with Crippen LogP contribution >= 0.6 is 0 Å². The number of hydrogen-bond acceptors (Lipinski definition) is 3.